The molecule has 128 valence electrons. The molecule has 3 rings (SSSR count). The maximum atomic E-state index is 12.4. The molecule has 1 N–H and O–H groups in total. The molecule has 0 aliphatic carbocycles. The van der Waals surface area contributed by atoms with Crippen molar-refractivity contribution in [3.8, 4) is 0 Å². The van der Waals surface area contributed by atoms with Gasteiger partial charge in [0.05, 0.1) is 17.0 Å². The Morgan fingerprint density at radius 2 is 1.83 bits per heavy atom. The van der Waals surface area contributed by atoms with Crippen molar-refractivity contribution in [1.82, 2.24) is 9.80 Å². The molecular formula is C17H20N2O4S. The third-order valence-corrected chi connectivity index (χ3v) is 5.80. The second-order valence-electron chi connectivity index (χ2n) is 6.20. The topological polar surface area (TPSA) is 77.9 Å². The van der Waals surface area contributed by atoms with Crippen molar-refractivity contribution in [2.75, 3.05) is 31.3 Å². The van der Waals surface area contributed by atoms with Crippen LogP contribution in [0.4, 0.5) is 0 Å². The van der Waals surface area contributed by atoms with Gasteiger partial charge in [0.15, 0.2) is 0 Å². The summed E-state index contributed by atoms with van der Waals surface area (Å²) in [5.74, 6) is 0.0459. The molecule has 0 atom stereocenters. The van der Waals surface area contributed by atoms with Crippen LogP contribution in [-0.4, -0.2) is 64.0 Å². The fraction of sp³-hybridized carbons (Fsp3) is 0.471. The average Bonchev–Trinajstić information content (AvgIpc) is 3.00. The lowest BCUT2D eigenvalue weighted by Crippen LogP contribution is -2.51. The van der Waals surface area contributed by atoms with Crippen LogP contribution in [0.3, 0.4) is 0 Å². The van der Waals surface area contributed by atoms with Crippen molar-refractivity contribution >= 4 is 29.5 Å². The number of aliphatic carboxylic acids is 1. The van der Waals surface area contributed by atoms with Crippen molar-refractivity contribution in [3.63, 3.8) is 0 Å². The summed E-state index contributed by atoms with van der Waals surface area (Å²) in [5, 5.41) is 9.77. The Kier molecular flexibility index (Phi) is 4.80. The molecule has 0 saturated carbocycles. The fourth-order valence-corrected chi connectivity index (χ4v) is 4.23. The normalized spacial score (nSPS) is 20.2. The lowest BCUT2D eigenvalue weighted by Gasteiger charge is -2.39. The second-order valence-corrected chi connectivity index (χ2v) is 7.16. The lowest BCUT2D eigenvalue weighted by molar-refractivity contribution is -0.148. The predicted octanol–water partition coefficient (Wildman–Crippen LogP) is 1.16. The number of hydrogen-bond donors (Lipinski definition) is 1. The molecule has 0 spiro atoms. The van der Waals surface area contributed by atoms with E-state index >= 15 is 0 Å². The smallest absolute Gasteiger partial charge is 0.314 e. The number of piperidine rings is 1. The molecule has 0 unspecified atom stereocenters. The average molecular weight is 348 g/mol. The van der Waals surface area contributed by atoms with Crippen molar-refractivity contribution in [1.29, 1.82) is 0 Å². The zero-order valence-electron chi connectivity index (χ0n) is 13.3. The standard InChI is InChI=1S/C17H20N2O4S/c20-14(10-19-12-24-11-15(19)21)18-8-6-17(7-9-18,16(22)23)13-4-2-1-3-5-13/h1-5H,6-12H2,(H,22,23). The van der Waals surface area contributed by atoms with Crippen LogP contribution in [0, 0.1) is 0 Å². The van der Waals surface area contributed by atoms with Gasteiger partial charge in [-0.25, -0.2) is 0 Å². The first-order chi connectivity index (χ1) is 11.5. The highest BCUT2D eigenvalue weighted by atomic mass is 32.2. The molecule has 1 aromatic rings. The summed E-state index contributed by atoms with van der Waals surface area (Å²) in [4.78, 5) is 39.2. The second kappa shape index (κ2) is 6.84. The Labute approximate surface area is 144 Å². The predicted molar refractivity (Wildman–Crippen MR) is 90.6 cm³/mol. The van der Waals surface area contributed by atoms with E-state index in [2.05, 4.69) is 0 Å². The summed E-state index contributed by atoms with van der Waals surface area (Å²) in [5.41, 5.74) is -0.145. The number of nitrogens with zero attached hydrogens (tertiary/aromatic N) is 2. The van der Waals surface area contributed by atoms with Crippen LogP contribution in [-0.2, 0) is 19.8 Å². The van der Waals surface area contributed by atoms with Gasteiger partial charge in [0, 0.05) is 13.1 Å². The number of carbonyl (C=O) groups excluding carboxylic acids is 2. The summed E-state index contributed by atoms with van der Waals surface area (Å²) < 4.78 is 0. The Bertz CT molecular complexity index is 641. The van der Waals surface area contributed by atoms with E-state index in [1.54, 1.807) is 9.80 Å². The molecule has 2 aliphatic heterocycles. The number of thioether (sulfide) groups is 1. The minimum absolute atomic E-state index is 0.00507. The van der Waals surface area contributed by atoms with E-state index in [0.717, 1.165) is 5.56 Å². The van der Waals surface area contributed by atoms with Gasteiger partial charge in [-0.05, 0) is 18.4 Å². The Hall–Kier alpha value is -2.02. The van der Waals surface area contributed by atoms with Crippen molar-refractivity contribution in [2.45, 2.75) is 18.3 Å². The third-order valence-electron chi connectivity index (χ3n) is 4.86. The van der Waals surface area contributed by atoms with Gasteiger partial charge in [-0.15, -0.1) is 11.8 Å². The van der Waals surface area contributed by atoms with E-state index in [1.807, 2.05) is 30.3 Å². The van der Waals surface area contributed by atoms with Crippen molar-refractivity contribution < 1.29 is 19.5 Å². The van der Waals surface area contributed by atoms with Crippen LogP contribution in [0.2, 0.25) is 0 Å². The molecule has 0 aromatic heterocycles. The van der Waals surface area contributed by atoms with Crippen LogP contribution in [0.15, 0.2) is 30.3 Å². The first-order valence-corrected chi connectivity index (χ1v) is 9.11. The zero-order valence-corrected chi connectivity index (χ0v) is 14.1. The summed E-state index contributed by atoms with van der Waals surface area (Å²) in [6, 6.07) is 9.22. The van der Waals surface area contributed by atoms with Gasteiger partial charge in [-0.2, -0.15) is 0 Å². The first kappa shape index (κ1) is 16.8. The maximum Gasteiger partial charge on any atom is 0.314 e. The highest BCUT2D eigenvalue weighted by Crippen LogP contribution is 2.36. The minimum Gasteiger partial charge on any atom is -0.481 e. The molecule has 2 aliphatic rings. The lowest BCUT2D eigenvalue weighted by atomic mass is 9.73. The molecule has 2 heterocycles. The van der Waals surface area contributed by atoms with Gasteiger partial charge in [-0.3, -0.25) is 14.4 Å². The molecule has 1 aromatic carbocycles. The summed E-state index contributed by atoms with van der Waals surface area (Å²) in [7, 11) is 0. The first-order valence-electron chi connectivity index (χ1n) is 7.95. The fourth-order valence-electron chi connectivity index (χ4n) is 3.32. The summed E-state index contributed by atoms with van der Waals surface area (Å²) >= 11 is 1.51. The monoisotopic (exact) mass is 348 g/mol. The Morgan fingerprint density at radius 3 is 2.38 bits per heavy atom. The summed E-state index contributed by atoms with van der Waals surface area (Å²) in [6.45, 7) is 0.891. The summed E-state index contributed by atoms with van der Waals surface area (Å²) in [6.07, 6.45) is 0.779. The van der Waals surface area contributed by atoms with Gasteiger partial charge in [0.2, 0.25) is 11.8 Å². The third kappa shape index (κ3) is 3.13. The maximum absolute atomic E-state index is 12.4. The van der Waals surface area contributed by atoms with Crippen LogP contribution < -0.4 is 0 Å². The molecule has 24 heavy (non-hydrogen) atoms. The number of carboxylic acid groups (broad SMARTS) is 1. The number of amides is 2. The number of rotatable bonds is 4. The van der Waals surface area contributed by atoms with Crippen LogP contribution >= 0.6 is 11.8 Å². The van der Waals surface area contributed by atoms with Gasteiger partial charge in [0.25, 0.3) is 0 Å². The molecule has 7 heteroatoms. The minimum atomic E-state index is -0.933. The highest BCUT2D eigenvalue weighted by molar-refractivity contribution is 8.00. The van der Waals surface area contributed by atoms with Gasteiger partial charge < -0.3 is 14.9 Å². The molecule has 0 bridgehead atoms. The van der Waals surface area contributed by atoms with E-state index < -0.39 is 11.4 Å². The Morgan fingerprint density at radius 1 is 1.17 bits per heavy atom. The molecule has 2 fully saturated rings. The van der Waals surface area contributed by atoms with Gasteiger partial charge in [0.1, 0.15) is 6.54 Å². The van der Waals surface area contributed by atoms with Crippen LogP contribution in [0.1, 0.15) is 18.4 Å². The molecule has 2 saturated heterocycles. The van der Waals surface area contributed by atoms with E-state index in [9.17, 15) is 19.5 Å². The van der Waals surface area contributed by atoms with Gasteiger partial charge in [-0.1, -0.05) is 30.3 Å². The highest BCUT2D eigenvalue weighted by Gasteiger charge is 2.44. The molecule has 6 nitrogen and oxygen atoms in total. The van der Waals surface area contributed by atoms with Crippen molar-refractivity contribution in [2.24, 2.45) is 0 Å². The molecule has 0 radical (unpaired) electrons. The molecular weight excluding hydrogens is 328 g/mol. The van der Waals surface area contributed by atoms with Gasteiger partial charge >= 0.3 is 5.97 Å². The number of carbonyl (C=O) groups is 3. The van der Waals surface area contributed by atoms with Crippen LogP contribution in [0.25, 0.3) is 0 Å². The number of likely N-dealkylation sites (tertiary alicyclic amines) is 1. The number of carboxylic acids is 1. The molecule has 2 amide bonds. The number of benzene rings is 1. The largest absolute Gasteiger partial charge is 0.481 e. The number of hydrogen-bond acceptors (Lipinski definition) is 4. The Balaban J connectivity index is 1.66. The van der Waals surface area contributed by atoms with Crippen molar-refractivity contribution in [3.05, 3.63) is 35.9 Å². The van der Waals surface area contributed by atoms with E-state index in [1.165, 1.54) is 11.8 Å². The SMILES string of the molecule is O=C(CN1CSCC1=O)N1CCC(C(=O)O)(c2ccccc2)CC1. The van der Waals surface area contributed by atoms with E-state index in [-0.39, 0.29) is 18.4 Å². The van der Waals surface area contributed by atoms with E-state index in [0.29, 0.717) is 37.6 Å². The quantitative estimate of drug-likeness (QED) is 0.884. The van der Waals surface area contributed by atoms with Crippen LogP contribution in [0.5, 0.6) is 0 Å². The zero-order chi connectivity index (χ0) is 17.2. The van der Waals surface area contributed by atoms with E-state index in [4.69, 9.17) is 0 Å².